The van der Waals surface area contributed by atoms with E-state index in [9.17, 15) is 22.8 Å². The summed E-state index contributed by atoms with van der Waals surface area (Å²) < 4.78 is 31.7. The lowest BCUT2D eigenvalue weighted by atomic mass is 10.1. The Hall–Kier alpha value is -4.48. The number of carboxylic acids is 1. The summed E-state index contributed by atoms with van der Waals surface area (Å²) in [5.74, 6) is -2.12. The predicted octanol–water partition coefficient (Wildman–Crippen LogP) is 3.28. The van der Waals surface area contributed by atoms with E-state index in [1.54, 1.807) is 29.6 Å². The molecule has 12 heteroatoms. The molecule has 0 unspecified atom stereocenters. The number of fused-ring (bicyclic) bond motifs is 1. The first-order valence-electron chi connectivity index (χ1n) is 10.2. The number of carbonyl (C=O) groups is 3. The zero-order valence-electron chi connectivity index (χ0n) is 18.3. The Morgan fingerprint density at radius 1 is 1.17 bits per heavy atom. The number of nitrogens with one attached hydrogen (secondary N) is 2. The third-order valence-electron chi connectivity index (χ3n) is 4.89. The summed E-state index contributed by atoms with van der Waals surface area (Å²) in [6.07, 6.45) is -0.0489. The number of rotatable bonds is 5. The van der Waals surface area contributed by atoms with Crippen LogP contribution in [-0.2, 0) is 11.2 Å². The first kappa shape index (κ1) is 25.1. The van der Waals surface area contributed by atoms with Gasteiger partial charge in [-0.05, 0) is 23.8 Å². The van der Waals surface area contributed by atoms with Crippen molar-refractivity contribution in [2.75, 3.05) is 18.6 Å². The molecule has 9 nitrogen and oxygen atoms in total. The van der Waals surface area contributed by atoms with Crippen LogP contribution >= 0.6 is 0 Å². The minimum absolute atomic E-state index is 0.0413. The number of pyridine rings is 1. The van der Waals surface area contributed by atoms with Crippen LogP contribution < -0.4 is 10.3 Å². The third-order valence-corrected chi connectivity index (χ3v) is 4.89. The van der Waals surface area contributed by atoms with Crippen LogP contribution in [0.15, 0.2) is 53.8 Å². The Labute approximate surface area is 197 Å². The van der Waals surface area contributed by atoms with Crippen LogP contribution in [0.3, 0.4) is 0 Å². The number of aromatic amines is 1. The van der Waals surface area contributed by atoms with Crippen LogP contribution in [0.5, 0.6) is 0 Å². The van der Waals surface area contributed by atoms with Crippen molar-refractivity contribution >= 4 is 30.2 Å². The number of aromatic nitrogens is 2. The largest absolute Gasteiger partial charge is 0.490 e. The Kier molecular flexibility index (Phi) is 7.64. The third kappa shape index (κ3) is 6.53. The fourth-order valence-electron chi connectivity index (χ4n) is 3.08. The van der Waals surface area contributed by atoms with E-state index in [0.29, 0.717) is 23.5 Å². The first-order chi connectivity index (χ1) is 16.6. The van der Waals surface area contributed by atoms with Gasteiger partial charge < -0.3 is 15.4 Å². The van der Waals surface area contributed by atoms with Crippen molar-refractivity contribution in [1.29, 1.82) is 0 Å². The van der Waals surface area contributed by atoms with E-state index in [2.05, 4.69) is 20.4 Å². The molecule has 4 rings (SSSR count). The van der Waals surface area contributed by atoms with Gasteiger partial charge in [0.15, 0.2) is 0 Å². The number of carbonyl (C=O) groups excluding carboxylic acids is 2. The monoisotopic (exact) mass is 487 g/mol. The highest BCUT2D eigenvalue weighted by atomic mass is 19.4. The molecule has 0 bridgehead atoms. The topological polar surface area (TPSA) is 128 Å². The van der Waals surface area contributed by atoms with Gasteiger partial charge >= 0.3 is 12.1 Å². The van der Waals surface area contributed by atoms with E-state index in [4.69, 9.17) is 9.90 Å². The molecular weight excluding hydrogens is 467 g/mol. The van der Waals surface area contributed by atoms with Crippen molar-refractivity contribution in [3.8, 4) is 11.3 Å². The number of hydrazone groups is 1. The molecule has 1 aliphatic rings. The fourth-order valence-corrected chi connectivity index (χ4v) is 3.08. The Bertz CT molecular complexity index is 1250. The normalized spacial score (nSPS) is 12.9. The number of nitrogens with zero attached hydrogens (tertiary/aromatic N) is 3. The summed E-state index contributed by atoms with van der Waals surface area (Å²) in [6, 6.07) is 12.9. The zero-order valence-corrected chi connectivity index (χ0v) is 18.3. The second-order valence-corrected chi connectivity index (χ2v) is 7.34. The Morgan fingerprint density at radius 2 is 1.83 bits per heavy atom. The summed E-state index contributed by atoms with van der Waals surface area (Å²) in [5, 5.41) is 16.1. The van der Waals surface area contributed by atoms with Gasteiger partial charge in [0.2, 0.25) is 0 Å². The summed E-state index contributed by atoms with van der Waals surface area (Å²) in [7, 11) is 1.82. The lowest BCUT2D eigenvalue weighted by Gasteiger charge is -2.12. The molecule has 3 heterocycles. The summed E-state index contributed by atoms with van der Waals surface area (Å²) in [4.78, 5) is 39.3. The number of aliphatic carboxylic acids is 1. The fraction of sp³-hybridized carbons (Fsp3) is 0.174. The van der Waals surface area contributed by atoms with Crippen LogP contribution in [-0.4, -0.2) is 59.2 Å². The van der Waals surface area contributed by atoms with Crippen LogP contribution in [0, 0.1) is 0 Å². The maximum absolute atomic E-state index is 12.0. The second kappa shape index (κ2) is 10.6. The van der Waals surface area contributed by atoms with Gasteiger partial charge in [-0.1, -0.05) is 24.3 Å². The summed E-state index contributed by atoms with van der Waals surface area (Å²) >= 11 is 0. The Balaban J connectivity index is 0.000000429. The summed E-state index contributed by atoms with van der Waals surface area (Å²) in [5.41, 5.74) is 4.99. The van der Waals surface area contributed by atoms with Crippen molar-refractivity contribution in [3.05, 3.63) is 71.0 Å². The molecular formula is C23H20F3N5O4. The molecule has 3 N–H and O–H groups in total. The van der Waals surface area contributed by atoms with Gasteiger partial charge in [-0.2, -0.15) is 18.3 Å². The average molecular weight is 487 g/mol. The maximum Gasteiger partial charge on any atom is 0.490 e. The minimum atomic E-state index is -5.08. The number of alkyl halides is 3. The standard InChI is InChI=1S/C21H19N5O2.C2HF3O2/c1-26(24-12-14-2-4-15(13-27)5-3-14)20-10-16(6-8-22-20)19-11-17-18(25-19)7-9-23-21(17)28;3-2(4,5)1(6)7/h2-6,8,10-13,25H,7,9H2,1H3,(H,23,28);(H,6,7)/b24-12+;. The smallest absolute Gasteiger partial charge is 0.475 e. The molecule has 1 amide bonds. The molecule has 0 saturated heterocycles. The highest BCUT2D eigenvalue weighted by molar-refractivity contribution is 5.97. The number of hydrogen-bond donors (Lipinski definition) is 3. The molecule has 0 fully saturated rings. The number of aldehydes is 1. The van der Waals surface area contributed by atoms with Crippen LogP contribution in [0.2, 0.25) is 0 Å². The lowest BCUT2D eigenvalue weighted by molar-refractivity contribution is -0.192. The van der Waals surface area contributed by atoms with E-state index in [0.717, 1.165) is 35.2 Å². The molecule has 0 radical (unpaired) electrons. The summed E-state index contributed by atoms with van der Waals surface area (Å²) in [6.45, 7) is 0.651. The average Bonchev–Trinajstić information content (AvgIpc) is 3.29. The molecule has 182 valence electrons. The number of anilines is 1. The zero-order chi connectivity index (χ0) is 25.6. The molecule has 1 aliphatic heterocycles. The molecule has 0 spiro atoms. The number of H-pyrrole nitrogens is 1. The molecule has 2 aromatic heterocycles. The van der Waals surface area contributed by atoms with Gasteiger partial charge in [0.05, 0.1) is 11.8 Å². The SMILES string of the molecule is CN(/N=C/c1ccc(C=O)cc1)c1cc(-c2cc3c([nH]2)CCNC3=O)ccn1.O=C(O)C(F)(F)F. The van der Waals surface area contributed by atoms with Gasteiger partial charge in [-0.3, -0.25) is 14.6 Å². The van der Waals surface area contributed by atoms with Crippen molar-refractivity contribution in [2.24, 2.45) is 5.10 Å². The number of benzene rings is 1. The van der Waals surface area contributed by atoms with E-state index < -0.39 is 12.1 Å². The Morgan fingerprint density at radius 3 is 2.43 bits per heavy atom. The van der Waals surface area contributed by atoms with Gasteiger partial charge in [-0.25, -0.2) is 9.78 Å². The number of carboxylic acid groups (broad SMARTS) is 1. The highest BCUT2D eigenvalue weighted by Gasteiger charge is 2.38. The molecule has 0 atom stereocenters. The van der Waals surface area contributed by atoms with Gasteiger partial charge in [0.25, 0.3) is 5.91 Å². The molecule has 1 aromatic carbocycles. The number of hydrogen-bond acceptors (Lipinski definition) is 6. The van der Waals surface area contributed by atoms with Gasteiger partial charge in [0, 0.05) is 48.7 Å². The first-order valence-corrected chi connectivity index (χ1v) is 10.2. The quantitative estimate of drug-likeness (QED) is 0.288. The number of amides is 1. The maximum atomic E-state index is 12.0. The predicted molar refractivity (Wildman–Crippen MR) is 122 cm³/mol. The van der Waals surface area contributed by atoms with Crippen LogP contribution in [0.1, 0.15) is 32.0 Å². The minimum Gasteiger partial charge on any atom is -0.475 e. The lowest BCUT2D eigenvalue weighted by Crippen LogP contribution is -2.31. The molecule has 3 aromatic rings. The molecule has 0 saturated carbocycles. The molecule has 0 aliphatic carbocycles. The van der Waals surface area contributed by atoms with E-state index in [1.165, 1.54) is 0 Å². The number of halogens is 3. The molecule has 35 heavy (non-hydrogen) atoms. The van der Waals surface area contributed by atoms with Crippen molar-refractivity contribution in [3.63, 3.8) is 0 Å². The van der Waals surface area contributed by atoms with Gasteiger partial charge in [-0.15, -0.1) is 0 Å². The van der Waals surface area contributed by atoms with E-state index >= 15 is 0 Å². The van der Waals surface area contributed by atoms with Gasteiger partial charge in [0.1, 0.15) is 12.1 Å². The van der Waals surface area contributed by atoms with Crippen molar-refractivity contribution in [2.45, 2.75) is 12.6 Å². The van der Waals surface area contributed by atoms with E-state index in [1.807, 2.05) is 37.4 Å². The highest BCUT2D eigenvalue weighted by Crippen LogP contribution is 2.26. The van der Waals surface area contributed by atoms with Crippen molar-refractivity contribution in [1.82, 2.24) is 15.3 Å². The second-order valence-electron chi connectivity index (χ2n) is 7.34. The van der Waals surface area contributed by atoms with Crippen LogP contribution in [0.25, 0.3) is 11.3 Å². The van der Waals surface area contributed by atoms with E-state index in [-0.39, 0.29) is 5.91 Å². The van der Waals surface area contributed by atoms with Crippen molar-refractivity contribution < 1.29 is 32.7 Å². The van der Waals surface area contributed by atoms with Crippen LogP contribution in [0.4, 0.5) is 19.0 Å².